The van der Waals surface area contributed by atoms with Crippen LogP contribution in [0.4, 0.5) is 0 Å². The van der Waals surface area contributed by atoms with Gasteiger partial charge in [-0.1, -0.05) is 48.5 Å². The molecule has 5 nitrogen and oxygen atoms in total. The molecule has 1 radical (unpaired) electrons. The second-order valence-electron chi connectivity index (χ2n) is 5.54. The van der Waals surface area contributed by atoms with Crippen molar-refractivity contribution in [3.8, 4) is 11.1 Å². The van der Waals surface area contributed by atoms with Gasteiger partial charge in [0.15, 0.2) is 9.84 Å². The Morgan fingerprint density at radius 3 is 2.26 bits per heavy atom. The molecule has 1 saturated heterocycles. The molecule has 3 N–H and O–H groups in total. The number of rotatable bonds is 5. The maximum Gasteiger partial charge on any atom is 0.239 e. The van der Waals surface area contributed by atoms with Crippen LogP contribution in [0.5, 0.6) is 0 Å². The highest BCUT2D eigenvalue weighted by atomic mass is 32.2. The summed E-state index contributed by atoms with van der Waals surface area (Å²) in [6.07, 6.45) is 0.384. The maximum absolute atomic E-state index is 12.8. The van der Waals surface area contributed by atoms with E-state index in [1.807, 2.05) is 30.3 Å². The van der Waals surface area contributed by atoms with Gasteiger partial charge in [-0.15, -0.1) is 0 Å². The van der Waals surface area contributed by atoms with Crippen LogP contribution in [-0.4, -0.2) is 26.4 Å². The molecular formula is C17H17N2O3S. The second-order valence-corrected chi connectivity index (χ2v) is 7.30. The van der Waals surface area contributed by atoms with Crippen molar-refractivity contribution in [3.05, 3.63) is 60.4 Å². The van der Waals surface area contributed by atoms with Crippen molar-refractivity contribution < 1.29 is 13.2 Å². The Morgan fingerprint density at radius 1 is 1.09 bits per heavy atom. The molecule has 2 aromatic carbocycles. The molecule has 2 aromatic rings. The van der Waals surface area contributed by atoms with Crippen LogP contribution in [0.15, 0.2) is 59.5 Å². The lowest BCUT2D eigenvalue weighted by Gasteiger charge is -2.39. The number of carbonyl (C=O) groups is 1. The van der Waals surface area contributed by atoms with Gasteiger partial charge in [-0.3, -0.25) is 4.79 Å². The van der Waals surface area contributed by atoms with E-state index in [4.69, 9.17) is 5.73 Å². The van der Waals surface area contributed by atoms with Crippen LogP contribution in [0.1, 0.15) is 6.42 Å². The Bertz CT molecular complexity index is 828. The molecule has 6 heteroatoms. The van der Waals surface area contributed by atoms with Gasteiger partial charge < -0.3 is 11.1 Å². The largest absolute Gasteiger partial charge is 0.368 e. The van der Waals surface area contributed by atoms with E-state index in [0.29, 0.717) is 18.5 Å². The van der Waals surface area contributed by atoms with Crippen molar-refractivity contribution >= 4 is 15.7 Å². The molecule has 1 amide bonds. The lowest BCUT2D eigenvalue weighted by Crippen LogP contribution is -2.65. The zero-order valence-corrected chi connectivity index (χ0v) is 13.2. The highest BCUT2D eigenvalue weighted by Gasteiger charge is 2.47. The molecular weight excluding hydrogens is 312 g/mol. The summed E-state index contributed by atoms with van der Waals surface area (Å²) in [5.41, 5.74) is 5.50. The summed E-state index contributed by atoms with van der Waals surface area (Å²) in [7, 11) is -3.79. The molecule has 1 unspecified atom stereocenters. The molecule has 0 saturated carbocycles. The summed E-state index contributed by atoms with van der Waals surface area (Å²) in [4.78, 5) is 11.8. The number of hydrogen-bond donors (Lipinski definition) is 2. The van der Waals surface area contributed by atoms with E-state index in [-0.39, 0.29) is 4.90 Å². The van der Waals surface area contributed by atoms with Gasteiger partial charge in [0.2, 0.25) is 5.91 Å². The fourth-order valence-electron chi connectivity index (χ4n) is 2.66. The lowest BCUT2D eigenvalue weighted by atomic mass is 9.89. The first-order chi connectivity index (χ1) is 10.9. The Kier molecular flexibility index (Phi) is 3.95. The Hall–Kier alpha value is -2.18. The molecule has 23 heavy (non-hydrogen) atoms. The third-order valence-electron chi connectivity index (χ3n) is 4.03. The summed E-state index contributed by atoms with van der Waals surface area (Å²) in [5.74, 6) is 0.373. The van der Waals surface area contributed by atoms with Crippen molar-refractivity contribution in [2.45, 2.75) is 16.9 Å². The summed E-state index contributed by atoms with van der Waals surface area (Å²) in [6.45, 7) is 0.565. The minimum atomic E-state index is -3.79. The monoisotopic (exact) mass is 329 g/mol. The fourth-order valence-corrected chi connectivity index (χ4v) is 4.40. The van der Waals surface area contributed by atoms with Crippen molar-refractivity contribution in [1.82, 2.24) is 5.32 Å². The van der Waals surface area contributed by atoms with E-state index in [2.05, 4.69) is 5.32 Å². The fraction of sp³-hybridized carbons (Fsp3) is 0.176. The summed E-state index contributed by atoms with van der Waals surface area (Å²) in [6, 6.07) is 16.0. The Balaban J connectivity index is 2.03. The van der Waals surface area contributed by atoms with Crippen LogP contribution in [-0.2, 0) is 14.6 Å². The zero-order valence-electron chi connectivity index (χ0n) is 12.4. The molecule has 0 aliphatic carbocycles. The van der Waals surface area contributed by atoms with E-state index in [1.54, 1.807) is 24.3 Å². The van der Waals surface area contributed by atoms with Crippen molar-refractivity contribution in [3.63, 3.8) is 0 Å². The van der Waals surface area contributed by atoms with Gasteiger partial charge in [0.05, 0.1) is 4.90 Å². The number of carbonyl (C=O) groups excluding carboxylic acids is 1. The van der Waals surface area contributed by atoms with Gasteiger partial charge in [-0.2, -0.15) is 0 Å². The molecule has 1 aliphatic rings. The number of sulfone groups is 1. The van der Waals surface area contributed by atoms with Gasteiger partial charge >= 0.3 is 0 Å². The van der Waals surface area contributed by atoms with Crippen LogP contribution in [0, 0.1) is 5.75 Å². The number of nitrogens with one attached hydrogen (secondary N) is 1. The van der Waals surface area contributed by atoms with Crippen LogP contribution in [0.3, 0.4) is 0 Å². The first-order valence-electron chi connectivity index (χ1n) is 7.25. The number of hydrogen-bond acceptors (Lipinski definition) is 4. The van der Waals surface area contributed by atoms with Gasteiger partial charge in [0.25, 0.3) is 0 Å². The highest BCUT2D eigenvalue weighted by molar-refractivity contribution is 7.93. The van der Waals surface area contributed by atoms with Gasteiger partial charge in [0, 0.05) is 5.56 Å². The van der Waals surface area contributed by atoms with E-state index in [0.717, 1.165) is 11.3 Å². The van der Waals surface area contributed by atoms with Gasteiger partial charge in [0.1, 0.15) is 11.3 Å². The molecule has 3 rings (SSSR count). The van der Waals surface area contributed by atoms with Crippen LogP contribution >= 0.6 is 0 Å². The predicted octanol–water partition coefficient (Wildman–Crippen LogP) is 1.51. The molecule has 1 fully saturated rings. The number of amides is 1. The molecule has 0 bridgehead atoms. The second kappa shape index (κ2) is 5.79. The molecule has 0 aromatic heterocycles. The SMILES string of the molecule is NC(=O)C1([CH]S(=O)(=O)c2ccccc2-c2ccccc2)CCN1. The standard InChI is InChI=1S/C17H17N2O3S/c18-16(20)17(10-11-19-17)12-23(21,22)15-9-5-4-8-14(15)13-6-2-1-3-7-13/h1-9,12,19H,10-11H2,(H2,18,20). The smallest absolute Gasteiger partial charge is 0.239 e. The molecule has 1 aliphatic heterocycles. The molecule has 0 spiro atoms. The van der Waals surface area contributed by atoms with Gasteiger partial charge in [-0.05, 0) is 24.6 Å². The third kappa shape index (κ3) is 2.87. The summed E-state index contributed by atoms with van der Waals surface area (Å²) < 4.78 is 25.7. The minimum Gasteiger partial charge on any atom is -0.368 e. The van der Waals surface area contributed by atoms with Crippen molar-refractivity contribution in [2.24, 2.45) is 5.73 Å². The first kappa shape index (κ1) is 15.7. The predicted molar refractivity (Wildman–Crippen MR) is 87.9 cm³/mol. The molecule has 119 valence electrons. The van der Waals surface area contributed by atoms with E-state index >= 15 is 0 Å². The average Bonchev–Trinajstić information content (AvgIpc) is 2.51. The van der Waals surface area contributed by atoms with Gasteiger partial charge in [-0.25, -0.2) is 8.42 Å². The Labute approximate surface area is 135 Å². The Morgan fingerprint density at radius 2 is 1.70 bits per heavy atom. The maximum atomic E-state index is 12.8. The first-order valence-corrected chi connectivity index (χ1v) is 8.80. The van der Waals surface area contributed by atoms with Crippen molar-refractivity contribution in [1.29, 1.82) is 0 Å². The zero-order chi connectivity index (χ0) is 16.5. The highest BCUT2D eigenvalue weighted by Crippen LogP contribution is 2.33. The van der Waals surface area contributed by atoms with Crippen LogP contribution in [0.2, 0.25) is 0 Å². The summed E-state index contributed by atoms with van der Waals surface area (Å²) >= 11 is 0. The minimum absolute atomic E-state index is 0.167. The van der Waals surface area contributed by atoms with E-state index in [9.17, 15) is 13.2 Å². The number of primary amides is 1. The van der Waals surface area contributed by atoms with Crippen LogP contribution in [0.25, 0.3) is 11.1 Å². The van der Waals surface area contributed by atoms with E-state index < -0.39 is 21.3 Å². The number of nitrogens with two attached hydrogens (primary N) is 1. The quantitative estimate of drug-likeness (QED) is 0.870. The molecule has 1 heterocycles. The normalized spacial score (nSPS) is 20.7. The third-order valence-corrected chi connectivity index (χ3v) is 5.72. The lowest BCUT2D eigenvalue weighted by molar-refractivity contribution is -0.125. The van der Waals surface area contributed by atoms with E-state index in [1.165, 1.54) is 0 Å². The number of benzene rings is 2. The van der Waals surface area contributed by atoms with Crippen molar-refractivity contribution in [2.75, 3.05) is 6.54 Å². The summed E-state index contributed by atoms with van der Waals surface area (Å²) in [5, 5.41) is 2.83. The topological polar surface area (TPSA) is 89.3 Å². The van der Waals surface area contributed by atoms with Crippen LogP contribution < -0.4 is 11.1 Å². The molecule has 1 atom stereocenters. The average molecular weight is 329 g/mol.